The number of hydrogen-bond acceptors (Lipinski definition) is 6. The highest BCUT2D eigenvalue weighted by atomic mass is 35.5. The molecule has 0 bridgehead atoms. The lowest BCUT2D eigenvalue weighted by Crippen LogP contribution is -2.53. The molecule has 0 amide bonds. The lowest BCUT2D eigenvalue weighted by Gasteiger charge is -2.29. The molecule has 0 saturated carbocycles. The standard InChI is InChI=1S/C16H24N2O5S.ClH/c1-12-5-6-14(13(9-12)15(19)23-3)24(20,21)18-10-16(11-22-2)7-4-8-17-16;/h5-6,9,17-18H,4,7-8,10-11H2,1-3H3;1H. The molecule has 25 heavy (non-hydrogen) atoms. The zero-order chi connectivity index (χ0) is 17.8. The van der Waals surface area contributed by atoms with E-state index in [1.165, 1.54) is 19.2 Å². The zero-order valence-electron chi connectivity index (χ0n) is 14.6. The fourth-order valence-electron chi connectivity index (χ4n) is 2.93. The van der Waals surface area contributed by atoms with Crippen LogP contribution in [-0.2, 0) is 19.5 Å². The van der Waals surface area contributed by atoms with Crippen molar-refractivity contribution >= 4 is 28.4 Å². The van der Waals surface area contributed by atoms with Crippen molar-refractivity contribution in [3.05, 3.63) is 29.3 Å². The summed E-state index contributed by atoms with van der Waals surface area (Å²) in [6, 6.07) is 4.59. The molecule has 2 N–H and O–H groups in total. The van der Waals surface area contributed by atoms with E-state index in [4.69, 9.17) is 9.47 Å². The molecule has 1 aliphatic heterocycles. The summed E-state index contributed by atoms with van der Waals surface area (Å²) >= 11 is 0. The highest BCUT2D eigenvalue weighted by Gasteiger charge is 2.35. The van der Waals surface area contributed by atoms with Crippen molar-refractivity contribution in [1.29, 1.82) is 0 Å². The number of aryl methyl sites for hydroxylation is 1. The number of benzene rings is 1. The van der Waals surface area contributed by atoms with Crippen LogP contribution in [-0.4, -0.2) is 53.8 Å². The smallest absolute Gasteiger partial charge is 0.339 e. The molecule has 1 aromatic rings. The van der Waals surface area contributed by atoms with Crippen LogP contribution >= 0.6 is 12.4 Å². The van der Waals surface area contributed by atoms with Gasteiger partial charge in [0.05, 0.1) is 29.7 Å². The molecule has 1 aromatic carbocycles. The second-order valence-corrected chi connectivity index (χ2v) is 7.79. The van der Waals surface area contributed by atoms with E-state index >= 15 is 0 Å². The van der Waals surface area contributed by atoms with Gasteiger partial charge in [-0.2, -0.15) is 0 Å². The Morgan fingerprint density at radius 2 is 2.08 bits per heavy atom. The summed E-state index contributed by atoms with van der Waals surface area (Å²) in [7, 11) is -1.04. The Labute approximate surface area is 154 Å². The van der Waals surface area contributed by atoms with E-state index in [0.29, 0.717) is 6.61 Å². The first-order valence-electron chi connectivity index (χ1n) is 7.76. The summed E-state index contributed by atoms with van der Waals surface area (Å²) in [5, 5.41) is 3.31. The number of hydrogen-bond donors (Lipinski definition) is 2. The molecule has 1 atom stereocenters. The Bertz CT molecular complexity index is 702. The summed E-state index contributed by atoms with van der Waals surface area (Å²) < 4.78 is 37.9. The molecular weight excluding hydrogens is 368 g/mol. The van der Waals surface area contributed by atoms with Crippen LogP contribution in [0.2, 0.25) is 0 Å². The number of rotatable bonds is 7. The highest BCUT2D eigenvalue weighted by molar-refractivity contribution is 7.89. The molecule has 7 nitrogen and oxygen atoms in total. The van der Waals surface area contributed by atoms with Gasteiger partial charge < -0.3 is 14.8 Å². The number of methoxy groups -OCH3 is 2. The summed E-state index contributed by atoms with van der Waals surface area (Å²) in [5.41, 5.74) is 0.394. The number of carbonyl (C=O) groups excluding carboxylic acids is 1. The molecule has 142 valence electrons. The minimum Gasteiger partial charge on any atom is -0.465 e. The minimum absolute atomic E-state index is 0. The van der Waals surface area contributed by atoms with E-state index in [9.17, 15) is 13.2 Å². The summed E-state index contributed by atoms with van der Waals surface area (Å²) in [5.74, 6) is -0.676. The molecule has 9 heteroatoms. The molecule has 1 unspecified atom stereocenters. The van der Waals surface area contributed by atoms with Gasteiger partial charge >= 0.3 is 5.97 Å². The first kappa shape index (κ1) is 21.9. The van der Waals surface area contributed by atoms with Crippen molar-refractivity contribution in [2.24, 2.45) is 0 Å². The average molecular weight is 393 g/mol. The van der Waals surface area contributed by atoms with Crippen LogP contribution in [0.3, 0.4) is 0 Å². The van der Waals surface area contributed by atoms with E-state index in [0.717, 1.165) is 24.9 Å². The number of esters is 1. The van der Waals surface area contributed by atoms with Crippen molar-refractivity contribution < 1.29 is 22.7 Å². The zero-order valence-corrected chi connectivity index (χ0v) is 16.3. The van der Waals surface area contributed by atoms with Gasteiger partial charge in [-0.15, -0.1) is 12.4 Å². The molecule has 1 saturated heterocycles. The number of halogens is 1. The lowest BCUT2D eigenvalue weighted by atomic mass is 9.99. The van der Waals surface area contributed by atoms with Gasteiger partial charge in [0.1, 0.15) is 0 Å². The predicted octanol–water partition coefficient (Wildman–Crippen LogP) is 1.25. The third-order valence-corrected chi connectivity index (χ3v) is 5.64. The van der Waals surface area contributed by atoms with E-state index in [2.05, 4.69) is 10.0 Å². The summed E-state index contributed by atoms with van der Waals surface area (Å²) in [4.78, 5) is 11.8. The third kappa shape index (κ3) is 5.15. The fourth-order valence-corrected chi connectivity index (χ4v) is 4.23. The normalized spacial score (nSPS) is 20.1. The Morgan fingerprint density at radius 3 is 2.64 bits per heavy atom. The monoisotopic (exact) mass is 392 g/mol. The van der Waals surface area contributed by atoms with Crippen LogP contribution in [0.4, 0.5) is 0 Å². The van der Waals surface area contributed by atoms with Crippen LogP contribution in [0.15, 0.2) is 23.1 Å². The molecular formula is C16H25ClN2O5S. The molecule has 1 heterocycles. The van der Waals surface area contributed by atoms with Crippen molar-refractivity contribution in [3.63, 3.8) is 0 Å². The summed E-state index contributed by atoms with van der Waals surface area (Å²) in [6.07, 6.45) is 1.78. The van der Waals surface area contributed by atoms with Gasteiger partial charge in [-0.1, -0.05) is 11.6 Å². The second-order valence-electron chi connectivity index (χ2n) is 6.06. The lowest BCUT2D eigenvalue weighted by molar-refractivity contribution is 0.0596. The maximum Gasteiger partial charge on any atom is 0.339 e. The second kappa shape index (κ2) is 8.95. The molecule has 0 aromatic heterocycles. The number of sulfonamides is 1. The molecule has 1 fully saturated rings. The largest absolute Gasteiger partial charge is 0.465 e. The first-order chi connectivity index (χ1) is 11.3. The van der Waals surface area contributed by atoms with Gasteiger partial charge in [0.15, 0.2) is 0 Å². The average Bonchev–Trinajstić information content (AvgIpc) is 3.01. The van der Waals surface area contributed by atoms with Crippen LogP contribution in [0.25, 0.3) is 0 Å². The van der Waals surface area contributed by atoms with Crippen molar-refractivity contribution in [2.45, 2.75) is 30.2 Å². The third-order valence-electron chi connectivity index (χ3n) is 4.18. The van der Waals surface area contributed by atoms with Gasteiger partial charge in [-0.25, -0.2) is 17.9 Å². The van der Waals surface area contributed by atoms with Gasteiger partial charge in [-0.3, -0.25) is 0 Å². The highest BCUT2D eigenvalue weighted by Crippen LogP contribution is 2.22. The Kier molecular flexibility index (Phi) is 7.83. The number of carbonyl (C=O) groups is 1. The summed E-state index contributed by atoms with van der Waals surface area (Å²) in [6.45, 7) is 3.21. The minimum atomic E-state index is -3.85. The first-order valence-corrected chi connectivity index (χ1v) is 9.24. The van der Waals surface area contributed by atoms with E-state index in [-0.39, 0.29) is 29.4 Å². The van der Waals surface area contributed by atoms with Gasteiger partial charge in [0.25, 0.3) is 0 Å². The van der Waals surface area contributed by atoms with Crippen LogP contribution in [0.1, 0.15) is 28.8 Å². The van der Waals surface area contributed by atoms with Gasteiger partial charge in [0, 0.05) is 13.7 Å². The van der Waals surface area contributed by atoms with Gasteiger partial charge in [-0.05, 0) is 38.4 Å². The fraction of sp³-hybridized carbons (Fsp3) is 0.562. The molecule has 0 radical (unpaired) electrons. The van der Waals surface area contributed by atoms with Crippen molar-refractivity contribution in [2.75, 3.05) is 33.9 Å². The molecule has 1 aliphatic rings. The van der Waals surface area contributed by atoms with Crippen LogP contribution < -0.4 is 10.0 Å². The Morgan fingerprint density at radius 1 is 1.36 bits per heavy atom. The van der Waals surface area contributed by atoms with E-state index < -0.39 is 21.5 Å². The molecule has 0 spiro atoms. The maximum atomic E-state index is 12.7. The van der Waals surface area contributed by atoms with Crippen molar-refractivity contribution in [3.8, 4) is 0 Å². The van der Waals surface area contributed by atoms with Gasteiger partial charge in [0.2, 0.25) is 10.0 Å². The predicted molar refractivity (Wildman–Crippen MR) is 96.8 cm³/mol. The van der Waals surface area contributed by atoms with E-state index in [1.54, 1.807) is 20.1 Å². The van der Waals surface area contributed by atoms with E-state index in [1.807, 2.05) is 0 Å². The maximum absolute atomic E-state index is 12.7. The van der Waals surface area contributed by atoms with Crippen LogP contribution in [0, 0.1) is 6.92 Å². The SMILES string of the molecule is COCC1(CNS(=O)(=O)c2ccc(C)cc2C(=O)OC)CCCN1.Cl. The number of ether oxygens (including phenoxy) is 2. The topological polar surface area (TPSA) is 93.7 Å². The Balaban J connectivity index is 0.00000312. The Hall–Kier alpha value is -1.19. The quantitative estimate of drug-likeness (QED) is 0.678. The number of nitrogens with one attached hydrogen (secondary N) is 2. The molecule has 2 rings (SSSR count). The molecule has 0 aliphatic carbocycles. The van der Waals surface area contributed by atoms with Crippen LogP contribution in [0.5, 0.6) is 0 Å². The van der Waals surface area contributed by atoms with Crippen molar-refractivity contribution in [1.82, 2.24) is 10.0 Å².